The van der Waals surface area contributed by atoms with Gasteiger partial charge in [-0.2, -0.15) is 0 Å². The van der Waals surface area contributed by atoms with Crippen molar-refractivity contribution in [3.63, 3.8) is 0 Å². The molecule has 1 saturated heterocycles. The van der Waals surface area contributed by atoms with Crippen LogP contribution in [0.1, 0.15) is 25.7 Å². The van der Waals surface area contributed by atoms with Gasteiger partial charge in [-0.3, -0.25) is 0 Å². The third-order valence-corrected chi connectivity index (χ3v) is 3.52. The number of para-hydroxylation sites is 2. The van der Waals surface area contributed by atoms with Gasteiger partial charge in [-0.1, -0.05) is 12.1 Å². The van der Waals surface area contributed by atoms with Gasteiger partial charge in [0, 0.05) is 13.2 Å². The van der Waals surface area contributed by atoms with Crippen molar-refractivity contribution in [1.82, 2.24) is 5.32 Å². The van der Waals surface area contributed by atoms with Crippen molar-refractivity contribution in [3.8, 4) is 11.5 Å². The summed E-state index contributed by atoms with van der Waals surface area (Å²) in [5.41, 5.74) is 0. The Morgan fingerprint density at radius 1 is 1.20 bits per heavy atom. The van der Waals surface area contributed by atoms with Crippen LogP contribution in [0.15, 0.2) is 24.3 Å². The molecule has 1 fully saturated rings. The number of hydrogen-bond acceptors (Lipinski definition) is 4. The fourth-order valence-electron chi connectivity index (χ4n) is 2.39. The van der Waals surface area contributed by atoms with E-state index in [0.29, 0.717) is 12.7 Å². The van der Waals surface area contributed by atoms with Gasteiger partial charge in [-0.05, 0) is 44.4 Å². The lowest BCUT2D eigenvalue weighted by molar-refractivity contribution is 0.0115. The van der Waals surface area contributed by atoms with Gasteiger partial charge in [0.05, 0.1) is 13.2 Å². The molecule has 0 radical (unpaired) electrons. The first kappa shape index (κ1) is 15.1. The van der Waals surface area contributed by atoms with E-state index in [-0.39, 0.29) is 0 Å². The Morgan fingerprint density at radius 2 is 2.05 bits per heavy atom. The molecule has 112 valence electrons. The van der Waals surface area contributed by atoms with E-state index in [2.05, 4.69) is 5.32 Å². The lowest BCUT2D eigenvalue weighted by atomic mass is 10.1. The summed E-state index contributed by atoms with van der Waals surface area (Å²) in [7, 11) is 1.66. The smallest absolute Gasteiger partial charge is 0.161 e. The second-order valence-corrected chi connectivity index (χ2v) is 5.03. The summed E-state index contributed by atoms with van der Waals surface area (Å²) in [5, 5.41) is 3.39. The standard InChI is InChI=1S/C16H25NO3/c1-18-15-7-2-3-8-16(15)20-13-11-17-10-9-14-6-4-5-12-19-14/h2-3,7-8,14,17H,4-6,9-13H2,1H3. The molecule has 0 saturated carbocycles. The van der Waals surface area contributed by atoms with Gasteiger partial charge in [-0.15, -0.1) is 0 Å². The van der Waals surface area contributed by atoms with Crippen molar-refractivity contribution in [3.05, 3.63) is 24.3 Å². The zero-order valence-electron chi connectivity index (χ0n) is 12.3. The van der Waals surface area contributed by atoms with Gasteiger partial charge < -0.3 is 19.5 Å². The van der Waals surface area contributed by atoms with Gasteiger partial charge in [0.2, 0.25) is 0 Å². The van der Waals surface area contributed by atoms with E-state index in [1.807, 2.05) is 24.3 Å². The molecule has 0 aromatic heterocycles. The molecule has 1 aliphatic rings. The van der Waals surface area contributed by atoms with E-state index < -0.39 is 0 Å². The molecule has 1 unspecified atom stereocenters. The first-order valence-electron chi connectivity index (χ1n) is 7.48. The summed E-state index contributed by atoms with van der Waals surface area (Å²) < 4.78 is 16.6. The third-order valence-electron chi connectivity index (χ3n) is 3.52. The van der Waals surface area contributed by atoms with Gasteiger partial charge >= 0.3 is 0 Å². The Bertz CT molecular complexity index is 378. The van der Waals surface area contributed by atoms with Gasteiger partial charge in [0.15, 0.2) is 11.5 Å². The SMILES string of the molecule is COc1ccccc1OCCNCCC1CCCCO1. The zero-order chi connectivity index (χ0) is 14.0. The Balaban J connectivity index is 1.55. The number of ether oxygens (including phenoxy) is 3. The molecule has 1 aliphatic heterocycles. The molecule has 1 N–H and O–H groups in total. The van der Waals surface area contributed by atoms with Crippen LogP contribution >= 0.6 is 0 Å². The van der Waals surface area contributed by atoms with Gasteiger partial charge in [-0.25, -0.2) is 0 Å². The second kappa shape index (κ2) is 8.82. The molecular formula is C16H25NO3. The monoisotopic (exact) mass is 279 g/mol. The molecule has 4 nitrogen and oxygen atoms in total. The highest BCUT2D eigenvalue weighted by Crippen LogP contribution is 2.25. The summed E-state index contributed by atoms with van der Waals surface area (Å²) in [6.07, 6.45) is 5.28. The Hall–Kier alpha value is -1.26. The van der Waals surface area contributed by atoms with Crippen LogP contribution in [0.2, 0.25) is 0 Å². The number of benzene rings is 1. The van der Waals surface area contributed by atoms with E-state index in [9.17, 15) is 0 Å². The quantitative estimate of drug-likeness (QED) is 0.743. The van der Waals surface area contributed by atoms with Crippen LogP contribution in [0, 0.1) is 0 Å². The molecule has 1 heterocycles. The van der Waals surface area contributed by atoms with Gasteiger partial charge in [0.1, 0.15) is 6.61 Å². The number of rotatable bonds is 8. The molecular weight excluding hydrogens is 254 g/mol. The minimum absolute atomic E-state index is 0.450. The topological polar surface area (TPSA) is 39.7 Å². The molecule has 4 heteroatoms. The van der Waals surface area contributed by atoms with Crippen LogP contribution in [0.3, 0.4) is 0 Å². The highest BCUT2D eigenvalue weighted by molar-refractivity contribution is 5.39. The molecule has 1 aromatic carbocycles. The van der Waals surface area contributed by atoms with E-state index in [4.69, 9.17) is 14.2 Å². The maximum atomic E-state index is 5.70. The zero-order valence-corrected chi connectivity index (χ0v) is 12.3. The van der Waals surface area contributed by atoms with Crippen molar-refractivity contribution in [2.45, 2.75) is 31.8 Å². The predicted octanol–water partition coefficient (Wildman–Crippen LogP) is 2.62. The van der Waals surface area contributed by atoms with E-state index in [1.165, 1.54) is 19.3 Å². The molecule has 1 aromatic rings. The second-order valence-electron chi connectivity index (χ2n) is 5.03. The number of methoxy groups -OCH3 is 1. The first-order chi connectivity index (χ1) is 9.90. The minimum atomic E-state index is 0.450. The highest BCUT2D eigenvalue weighted by atomic mass is 16.5. The molecule has 2 rings (SSSR count). The largest absolute Gasteiger partial charge is 0.493 e. The average molecular weight is 279 g/mol. The molecule has 0 bridgehead atoms. The fourth-order valence-corrected chi connectivity index (χ4v) is 2.39. The lowest BCUT2D eigenvalue weighted by Crippen LogP contribution is -2.27. The third kappa shape index (κ3) is 5.02. The lowest BCUT2D eigenvalue weighted by Gasteiger charge is -2.22. The van der Waals surface area contributed by atoms with Crippen molar-refractivity contribution in [2.24, 2.45) is 0 Å². The van der Waals surface area contributed by atoms with Crippen LogP contribution in [0.5, 0.6) is 11.5 Å². The van der Waals surface area contributed by atoms with Crippen molar-refractivity contribution in [2.75, 3.05) is 33.4 Å². The molecule has 0 spiro atoms. The van der Waals surface area contributed by atoms with Crippen LogP contribution in [-0.4, -0.2) is 39.5 Å². The van der Waals surface area contributed by atoms with Gasteiger partial charge in [0.25, 0.3) is 0 Å². The van der Waals surface area contributed by atoms with Crippen LogP contribution < -0.4 is 14.8 Å². The van der Waals surface area contributed by atoms with E-state index in [0.717, 1.165) is 37.6 Å². The average Bonchev–Trinajstić information content (AvgIpc) is 2.52. The van der Waals surface area contributed by atoms with Crippen LogP contribution in [-0.2, 0) is 4.74 Å². The molecule has 0 amide bonds. The summed E-state index contributed by atoms with van der Waals surface area (Å²) in [5.74, 6) is 1.58. The Labute approximate surface area is 121 Å². The molecule has 0 aliphatic carbocycles. The van der Waals surface area contributed by atoms with Crippen molar-refractivity contribution < 1.29 is 14.2 Å². The van der Waals surface area contributed by atoms with Crippen molar-refractivity contribution >= 4 is 0 Å². The van der Waals surface area contributed by atoms with E-state index >= 15 is 0 Å². The number of hydrogen-bond donors (Lipinski definition) is 1. The Morgan fingerprint density at radius 3 is 2.80 bits per heavy atom. The highest BCUT2D eigenvalue weighted by Gasteiger charge is 2.12. The first-order valence-corrected chi connectivity index (χ1v) is 7.48. The summed E-state index contributed by atoms with van der Waals surface area (Å²) in [4.78, 5) is 0. The van der Waals surface area contributed by atoms with Crippen molar-refractivity contribution in [1.29, 1.82) is 0 Å². The van der Waals surface area contributed by atoms with Crippen LogP contribution in [0.4, 0.5) is 0 Å². The maximum absolute atomic E-state index is 5.70. The minimum Gasteiger partial charge on any atom is -0.493 e. The fraction of sp³-hybridized carbons (Fsp3) is 0.625. The summed E-state index contributed by atoms with van der Waals surface area (Å²) in [6.45, 7) is 3.40. The Kier molecular flexibility index (Phi) is 6.68. The van der Waals surface area contributed by atoms with Crippen LogP contribution in [0.25, 0.3) is 0 Å². The molecule has 20 heavy (non-hydrogen) atoms. The number of nitrogens with one attached hydrogen (secondary N) is 1. The predicted molar refractivity (Wildman–Crippen MR) is 79.6 cm³/mol. The maximum Gasteiger partial charge on any atom is 0.161 e. The normalized spacial score (nSPS) is 18.8. The summed E-state index contributed by atoms with van der Waals surface area (Å²) >= 11 is 0. The summed E-state index contributed by atoms with van der Waals surface area (Å²) in [6, 6.07) is 7.72. The van der Waals surface area contributed by atoms with E-state index in [1.54, 1.807) is 7.11 Å². The molecule has 1 atom stereocenters.